The van der Waals surface area contributed by atoms with Gasteiger partial charge in [0, 0.05) is 25.2 Å². The topological polar surface area (TPSA) is 78.5 Å². The van der Waals surface area contributed by atoms with Gasteiger partial charge in [-0.2, -0.15) is 0 Å². The second kappa shape index (κ2) is 6.33. The van der Waals surface area contributed by atoms with Gasteiger partial charge in [-0.1, -0.05) is 0 Å². The lowest BCUT2D eigenvalue weighted by molar-refractivity contribution is 0.0607. The van der Waals surface area contributed by atoms with Crippen LogP contribution in [0.2, 0.25) is 0 Å². The zero-order valence-corrected chi connectivity index (χ0v) is 14.5. The molecule has 2 aliphatic rings. The molecule has 0 bridgehead atoms. The third-order valence-electron chi connectivity index (χ3n) is 4.95. The molecular weight excluding hydrogens is 333 g/mol. The lowest BCUT2D eigenvalue weighted by Crippen LogP contribution is -2.44. The van der Waals surface area contributed by atoms with Gasteiger partial charge < -0.3 is 10.2 Å². The average Bonchev–Trinajstić information content (AvgIpc) is 2.96. The molecule has 0 saturated carbocycles. The van der Waals surface area contributed by atoms with Gasteiger partial charge >= 0.3 is 0 Å². The van der Waals surface area contributed by atoms with Crippen LogP contribution < -0.4 is 10.0 Å². The summed E-state index contributed by atoms with van der Waals surface area (Å²) in [4.78, 5) is 14.4. The van der Waals surface area contributed by atoms with Crippen LogP contribution in [0.3, 0.4) is 0 Å². The number of halogens is 1. The van der Waals surface area contributed by atoms with Crippen molar-refractivity contribution in [3.63, 3.8) is 0 Å². The highest BCUT2D eigenvalue weighted by molar-refractivity contribution is 7.92. The van der Waals surface area contributed by atoms with Crippen LogP contribution in [0.4, 0.5) is 10.1 Å². The van der Waals surface area contributed by atoms with E-state index in [4.69, 9.17) is 0 Å². The number of carbonyl (C=O) groups is 1. The molecule has 0 atom stereocenters. The summed E-state index contributed by atoms with van der Waals surface area (Å²) in [5, 5.41) is 3.38. The summed E-state index contributed by atoms with van der Waals surface area (Å²) in [5.41, 5.74) is 0.405. The fourth-order valence-electron chi connectivity index (χ4n) is 3.53. The Morgan fingerprint density at radius 3 is 2.58 bits per heavy atom. The van der Waals surface area contributed by atoms with E-state index < -0.39 is 15.8 Å². The van der Waals surface area contributed by atoms with Crippen LogP contribution in [0, 0.1) is 11.2 Å². The highest BCUT2D eigenvalue weighted by atomic mass is 32.2. The van der Waals surface area contributed by atoms with Crippen molar-refractivity contribution in [2.75, 3.05) is 37.2 Å². The minimum Gasteiger partial charge on any atom is -0.339 e. The summed E-state index contributed by atoms with van der Waals surface area (Å²) in [6.07, 6.45) is 4.01. The molecule has 1 aromatic carbocycles. The van der Waals surface area contributed by atoms with Crippen molar-refractivity contribution < 1.29 is 17.6 Å². The Kier molecular flexibility index (Phi) is 4.52. The SMILES string of the molecule is CS(=O)(=O)Nc1cc(C(=O)N2CCC3(CCNC3)CC2)ccc1F. The van der Waals surface area contributed by atoms with Crippen molar-refractivity contribution in [1.29, 1.82) is 0 Å². The van der Waals surface area contributed by atoms with E-state index in [9.17, 15) is 17.6 Å². The number of carbonyl (C=O) groups excluding carboxylic acids is 1. The molecule has 2 N–H and O–H groups in total. The molecule has 2 aliphatic heterocycles. The summed E-state index contributed by atoms with van der Waals surface area (Å²) in [6, 6.07) is 3.78. The maximum atomic E-state index is 13.7. The van der Waals surface area contributed by atoms with Crippen LogP contribution in [0.15, 0.2) is 18.2 Å². The minimum atomic E-state index is -3.60. The van der Waals surface area contributed by atoms with E-state index in [-0.39, 0.29) is 11.6 Å². The maximum Gasteiger partial charge on any atom is 0.253 e. The van der Waals surface area contributed by atoms with E-state index in [0.717, 1.165) is 44.7 Å². The van der Waals surface area contributed by atoms with Crippen LogP contribution in [-0.4, -0.2) is 51.7 Å². The summed E-state index contributed by atoms with van der Waals surface area (Å²) in [5.74, 6) is -0.890. The fraction of sp³-hybridized carbons (Fsp3) is 0.562. The van der Waals surface area contributed by atoms with Crippen molar-refractivity contribution in [1.82, 2.24) is 10.2 Å². The van der Waals surface area contributed by atoms with Crippen molar-refractivity contribution in [2.45, 2.75) is 19.3 Å². The highest BCUT2D eigenvalue weighted by Gasteiger charge is 2.38. The minimum absolute atomic E-state index is 0.188. The Morgan fingerprint density at radius 1 is 1.29 bits per heavy atom. The van der Waals surface area contributed by atoms with Gasteiger partial charge in [0.05, 0.1) is 11.9 Å². The second-order valence-corrected chi connectivity index (χ2v) is 8.54. The Hall–Kier alpha value is -1.67. The van der Waals surface area contributed by atoms with E-state index in [2.05, 4.69) is 10.0 Å². The predicted octanol–water partition coefficient (Wildman–Crippen LogP) is 1.41. The van der Waals surface area contributed by atoms with Gasteiger partial charge in [0.2, 0.25) is 10.0 Å². The van der Waals surface area contributed by atoms with E-state index in [1.165, 1.54) is 12.1 Å². The monoisotopic (exact) mass is 355 g/mol. The number of piperidine rings is 1. The van der Waals surface area contributed by atoms with Crippen LogP contribution >= 0.6 is 0 Å². The molecule has 2 fully saturated rings. The van der Waals surface area contributed by atoms with Crippen LogP contribution in [0.5, 0.6) is 0 Å². The molecule has 6 nitrogen and oxygen atoms in total. The number of hydrogen-bond acceptors (Lipinski definition) is 4. The van der Waals surface area contributed by atoms with E-state index in [0.29, 0.717) is 24.1 Å². The molecule has 2 heterocycles. The standard InChI is InChI=1S/C16H22FN3O3S/c1-24(22,23)19-14-10-12(2-3-13(14)17)15(21)20-8-5-16(6-9-20)4-7-18-11-16/h2-3,10,18-19H,4-9,11H2,1H3. The van der Waals surface area contributed by atoms with Gasteiger partial charge in [0.15, 0.2) is 0 Å². The first-order valence-electron chi connectivity index (χ1n) is 8.05. The van der Waals surface area contributed by atoms with Gasteiger partial charge in [0.1, 0.15) is 5.82 Å². The van der Waals surface area contributed by atoms with Crippen molar-refractivity contribution in [3.8, 4) is 0 Å². The summed E-state index contributed by atoms with van der Waals surface area (Å²) in [6.45, 7) is 3.39. The Morgan fingerprint density at radius 2 is 2.00 bits per heavy atom. The van der Waals surface area contributed by atoms with Crippen LogP contribution in [-0.2, 0) is 10.0 Å². The number of amides is 1. The van der Waals surface area contributed by atoms with Gasteiger partial charge in [-0.3, -0.25) is 9.52 Å². The lowest BCUT2D eigenvalue weighted by atomic mass is 9.78. The number of likely N-dealkylation sites (tertiary alicyclic amines) is 1. The van der Waals surface area contributed by atoms with E-state index in [1.54, 1.807) is 4.90 Å². The number of rotatable bonds is 3. The lowest BCUT2D eigenvalue weighted by Gasteiger charge is -2.39. The summed E-state index contributed by atoms with van der Waals surface area (Å²) < 4.78 is 38.5. The third kappa shape index (κ3) is 3.70. The molecule has 24 heavy (non-hydrogen) atoms. The zero-order chi connectivity index (χ0) is 17.4. The van der Waals surface area contributed by atoms with Crippen molar-refractivity contribution in [2.24, 2.45) is 5.41 Å². The van der Waals surface area contributed by atoms with Crippen LogP contribution in [0.1, 0.15) is 29.6 Å². The predicted molar refractivity (Wildman–Crippen MR) is 89.9 cm³/mol. The number of nitrogens with one attached hydrogen (secondary N) is 2. The normalized spacial score (nSPS) is 20.3. The summed E-state index contributed by atoms with van der Waals surface area (Å²) >= 11 is 0. The van der Waals surface area contributed by atoms with Gasteiger partial charge in [0.25, 0.3) is 5.91 Å². The quantitative estimate of drug-likeness (QED) is 0.859. The molecule has 132 valence electrons. The fourth-order valence-corrected chi connectivity index (χ4v) is 4.08. The smallest absolute Gasteiger partial charge is 0.253 e. The number of hydrogen-bond donors (Lipinski definition) is 2. The molecule has 8 heteroatoms. The van der Waals surface area contributed by atoms with Crippen LogP contribution in [0.25, 0.3) is 0 Å². The number of sulfonamides is 1. The molecule has 1 aromatic rings. The van der Waals surface area contributed by atoms with E-state index >= 15 is 0 Å². The molecular formula is C16H22FN3O3S. The first-order chi connectivity index (χ1) is 11.3. The molecule has 0 unspecified atom stereocenters. The maximum absolute atomic E-state index is 13.7. The summed E-state index contributed by atoms with van der Waals surface area (Å²) in [7, 11) is -3.60. The molecule has 3 rings (SSSR count). The third-order valence-corrected chi connectivity index (χ3v) is 5.54. The molecule has 1 amide bonds. The Labute approximate surface area is 141 Å². The zero-order valence-electron chi connectivity index (χ0n) is 13.6. The van der Waals surface area contributed by atoms with Gasteiger partial charge in [-0.05, 0) is 49.4 Å². The second-order valence-electron chi connectivity index (χ2n) is 6.79. The molecule has 1 spiro atoms. The van der Waals surface area contributed by atoms with Crippen molar-refractivity contribution >= 4 is 21.6 Å². The van der Waals surface area contributed by atoms with Gasteiger partial charge in [-0.25, -0.2) is 12.8 Å². The first-order valence-corrected chi connectivity index (χ1v) is 9.95. The molecule has 0 aromatic heterocycles. The largest absolute Gasteiger partial charge is 0.339 e. The molecule has 2 saturated heterocycles. The van der Waals surface area contributed by atoms with Gasteiger partial charge in [-0.15, -0.1) is 0 Å². The number of anilines is 1. The Balaban J connectivity index is 1.72. The molecule has 0 radical (unpaired) electrons. The number of nitrogens with zero attached hydrogens (tertiary/aromatic N) is 1. The van der Waals surface area contributed by atoms with Crippen molar-refractivity contribution in [3.05, 3.63) is 29.6 Å². The number of benzene rings is 1. The highest BCUT2D eigenvalue weighted by Crippen LogP contribution is 2.37. The van der Waals surface area contributed by atoms with E-state index in [1.807, 2.05) is 0 Å². The first kappa shape index (κ1) is 17.2. The molecule has 0 aliphatic carbocycles. The average molecular weight is 355 g/mol. The Bertz CT molecular complexity index is 735.